The fourth-order valence-corrected chi connectivity index (χ4v) is 6.50. The number of aromatic nitrogens is 1. The number of anilines is 3. The van der Waals surface area contributed by atoms with Gasteiger partial charge >= 0.3 is 29.6 Å². The van der Waals surface area contributed by atoms with E-state index in [1.165, 1.54) is 44.2 Å². The van der Waals surface area contributed by atoms with Crippen LogP contribution in [0.25, 0.3) is 22.2 Å². The molecule has 3 aliphatic rings. The van der Waals surface area contributed by atoms with Crippen molar-refractivity contribution in [3.8, 4) is 11.3 Å². The van der Waals surface area contributed by atoms with Gasteiger partial charge in [-0.1, -0.05) is 60.8 Å². The van der Waals surface area contributed by atoms with Gasteiger partial charge in [0.05, 0.1) is 28.3 Å². The van der Waals surface area contributed by atoms with Crippen molar-refractivity contribution in [2.45, 2.75) is 38.1 Å². The molecule has 3 aromatic carbocycles. The van der Waals surface area contributed by atoms with Crippen molar-refractivity contribution in [1.29, 1.82) is 0 Å². The number of rotatable bonds is 5. The third-order valence-electron chi connectivity index (χ3n) is 8.52. The SMILES string of the molecule is O=C([O-])c1ccc(Nc2cc(N3CCN(C4CCCCC4)CC3)c3noc4c3c2C(=O)c2ccccc2-4)cc1.[Na+]. The number of carboxylic acid groups (broad SMARTS) is 1. The van der Waals surface area contributed by atoms with Crippen LogP contribution in [0.4, 0.5) is 17.1 Å². The van der Waals surface area contributed by atoms with Crippen molar-refractivity contribution in [1.82, 2.24) is 10.1 Å². The number of carbonyl (C=O) groups excluding carboxylic acids is 2. The number of benzene rings is 3. The molecule has 40 heavy (non-hydrogen) atoms. The van der Waals surface area contributed by atoms with Gasteiger partial charge in [-0.15, -0.1) is 0 Å². The fraction of sp³-hybridized carbons (Fsp3) is 0.323. The van der Waals surface area contributed by atoms with Crippen molar-refractivity contribution in [3.63, 3.8) is 0 Å². The summed E-state index contributed by atoms with van der Waals surface area (Å²) in [5.74, 6) is -0.712. The summed E-state index contributed by atoms with van der Waals surface area (Å²) in [6.45, 7) is 3.73. The summed E-state index contributed by atoms with van der Waals surface area (Å²) >= 11 is 0. The molecule has 8 nitrogen and oxygen atoms in total. The standard InChI is InChI=1S/C31H30N4O4.Na/c36-29-22-8-4-5-9-23(22)30-27-26(29)24(32-20-12-10-19(11-13-20)31(37)38)18-25(28(27)33-39-30)35-16-14-34(15-17-35)21-6-2-1-3-7-21;/h4-5,8-13,18,21,32H,1-3,6-7,14-17H2,(H,37,38);/q;+1/p-1. The number of hydrogen-bond acceptors (Lipinski definition) is 8. The molecule has 2 fully saturated rings. The maximum Gasteiger partial charge on any atom is 1.00 e. The number of nitrogens with zero attached hydrogens (tertiary/aromatic N) is 3. The van der Waals surface area contributed by atoms with Crippen LogP contribution in [-0.2, 0) is 0 Å². The van der Waals surface area contributed by atoms with Crippen molar-refractivity contribution in [2.75, 3.05) is 36.4 Å². The first kappa shape index (κ1) is 27.0. The smallest absolute Gasteiger partial charge is 0.545 e. The second kappa shape index (κ2) is 11.0. The molecule has 0 atom stereocenters. The molecule has 1 aliphatic heterocycles. The van der Waals surface area contributed by atoms with E-state index in [4.69, 9.17) is 4.52 Å². The monoisotopic (exact) mass is 544 g/mol. The molecule has 1 N–H and O–H groups in total. The molecule has 0 unspecified atom stereocenters. The van der Waals surface area contributed by atoms with E-state index < -0.39 is 5.97 Å². The molecule has 0 radical (unpaired) electrons. The molecule has 1 aromatic heterocycles. The second-order valence-corrected chi connectivity index (χ2v) is 10.7. The second-order valence-electron chi connectivity index (χ2n) is 10.7. The molecule has 0 amide bonds. The Hall–Kier alpha value is -3.17. The zero-order valence-electron chi connectivity index (χ0n) is 22.6. The Morgan fingerprint density at radius 1 is 0.950 bits per heavy atom. The van der Waals surface area contributed by atoms with Crippen molar-refractivity contribution in [2.24, 2.45) is 0 Å². The van der Waals surface area contributed by atoms with Gasteiger partial charge < -0.3 is 24.6 Å². The van der Waals surface area contributed by atoms with E-state index in [1.807, 2.05) is 30.3 Å². The van der Waals surface area contributed by atoms with Crippen LogP contribution in [-0.4, -0.2) is 54.0 Å². The number of fused-ring (bicyclic) bond motifs is 2. The van der Waals surface area contributed by atoms with Gasteiger partial charge in [0, 0.05) is 49.0 Å². The van der Waals surface area contributed by atoms with E-state index in [-0.39, 0.29) is 40.9 Å². The topological polar surface area (TPSA) is 102 Å². The summed E-state index contributed by atoms with van der Waals surface area (Å²) in [4.78, 5) is 30.1. The third-order valence-corrected chi connectivity index (χ3v) is 8.52. The van der Waals surface area contributed by atoms with Crippen LogP contribution < -0.4 is 44.9 Å². The summed E-state index contributed by atoms with van der Waals surface area (Å²) in [7, 11) is 0. The first-order valence-corrected chi connectivity index (χ1v) is 13.8. The molecule has 0 bridgehead atoms. The molecular formula is C31H29N4NaO4. The Kier molecular flexibility index (Phi) is 7.44. The molecular weight excluding hydrogens is 515 g/mol. The Bertz CT molecular complexity index is 1590. The largest absolute Gasteiger partial charge is 1.00 e. The Labute approximate surface area is 254 Å². The Morgan fingerprint density at radius 2 is 1.65 bits per heavy atom. The van der Waals surface area contributed by atoms with Crippen LogP contribution in [0.5, 0.6) is 0 Å². The van der Waals surface area contributed by atoms with Crippen LogP contribution in [0.2, 0.25) is 0 Å². The van der Waals surface area contributed by atoms with Crippen LogP contribution >= 0.6 is 0 Å². The van der Waals surface area contributed by atoms with Crippen LogP contribution in [0.1, 0.15) is 58.4 Å². The van der Waals surface area contributed by atoms with Crippen LogP contribution in [0, 0.1) is 0 Å². The van der Waals surface area contributed by atoms with E-state index in [9.17, 15) is 14.7 Å². The molecule has 2 aliphatic carbocycles. The molecule has 4 aromatic rings. The Morgan fingerprint density at radius 3 is 2.35 bits per heavy atom. The fourth-order valence-electron chi connectivity index (χ4n) is 6.50. The van der Waals surface area contributed by atoms with Crippen LogP contribution in [0.3, 0.4) is 0 Å². The van der Waals surface area contributed by atoms with E-state index >= 15 is 0 Å². The zero-order chi connectivity index (χ0) is 26.5. The molecule has 9 heteroatoms. The number of aromatic carboxylic acids is 1. The maximum atomic E-state index is 13.8. The van der Waals surface area contributed by atoms with E-state index in [2.05, 4.69) is 20.3 Å². The van der Waals surface area contributed by atoms with Gasteiger partial charge in [-0.05, 0) is 36.6 Å². The summed E-state index contributed by atoms with van der Waals surface area (Å²) in [5, 5.41) is 19.9. The maximum absolute atomic E-state index is 13.8. The minimum absolute atomic E-state index is 0. The predicted molar refractivity (Wildman–Crippen MR) is 148 cm³/mol. The molecule has 2 heterocycles. The number of piperazine rings is 1. The minimum atomic E-state index is -1.23. The first-order chi connectivity index (χ1) is 19.1. The number of nitrogens with one attached hydrogen (secondary N) is 1. The number of carboxylic acids is 1. The molecule has 0 spiro atoms. The van der Waals surface area contributed by atoms with Gasteiger partial charge in [0.25, 0.3) is 0 Å². The molecule has 198 valence electrons. The summed E-state index contributed by atoms with van der Waals surface area (Å²) < 4.78 is 5.93. The number of hydrogen-bond donors (Lipinski definition) is 1. The van der Waals surface area contributed by atoms with Gasteiger partial charge in [-0.3, -0.25) is 9.69 Å². The third kappa shape index (κ3) is 4.63. The molecule has 7 rings (SSSR count). The number of carbonyl (C=O) groups is 2. The van der Waals surface area contributed by atoms with Gasteiger partial charge in [-0.2, -0.15) is 0 Å². The van der Waals surface area contributed by atoms with Crippen molar-refractivity contribution < 1.29 is 48.8 Å². The number of ketones is 1. The Balaban J connectivity index is 0.00000289. The van der Waals surface area contributed by atoms with E-state index in [0.717, 1.165) is 42.8 Å². The van der Waals surface area contributed by atoms with Crippen molar-refractivity contribution >= 4 is 39.7 Å². The average molecular weight is 545 g/mol. The molecule has 1 saturated carbocycles. The van der Waals surface area contributed by atoms with Crippen molar-refractivity contribution in [3.05, 3.63) is 71.3 Å². The summed E-state index contributed by atoms with van der Waals surface area (Å²) in [6, 6.07) is 16.5. The first-order valence-electron chi connectivity index (χ1n) is 13.8. The normalized spacial score (nSPS) is 17.4. The summed E-state index contributed by atoms with van der Waals surface area (Å²) in [5.41, 5.74) is 4.91. The zero-order valence-corrected chi connectivity index (χ0v) is 24.6. The van der Waals surface area contributed by atoms with Gasteiger partial charge in [0.15, 0.2) is 11.5 Å². The van der Waals surface area contributed by atoms with E-state index in [0.29, 0.717) is 39.8 Å². The van der Waals surface area contributed by atoms with E-state index in [1.54, 1.807) is 12.1 Å². The van der Waals surface area contributed by atoms with Gasteiger partial charge in [-0.25, -0.2) is 0 Å². The predicted octanol–water partition coefficient (Wildman–Crippen LogP) is 1.60. The van der Waals surface area contributed by atoms with Gasteiger partial charge in [0.2, 0.25) is 0 Å². The molecule has 1 saturated heterocycles. The quantitative estimate of drug-likeness (QED) is 0.333. The summed E-state index contributed by atoms with van der Waals surface area (Å²) in [6.07, 6.45) is 6.57. The van der Waals surface area contributed by atoms with Crippen LogP contribution in [0.15, 0.2) is 59.1 Å². The van der Waals surface area contributed by atoms with Gasteiger partial charge in [0.1, 0.15) is 5.52 Å². The minimum Gasteiger partial charge on any atom is -0.545 e. The average Bonchev–Trinajstić information content (AvgIpc) is 3.42.